The Bertz CT molecular complexity index is 4590. The van der Waals surface area contributed by atoms with Gasteiger partial charge in [0.15, 0.2) is 12.4 Å². The molecule has 0 radical (unpaired) electrons. The number of thiazole rings is 5. The number of aliphatic hydroxyl groups excluding tert-OH is 1. The molecule has 6 amide bonds. The van der Waals surface area contributed by atoms with Gasteiger partial charge in [-0.3, -0.25) is 33.7 Å². The number of pyridine rings is 1. The van der Waals surface area contributed by atoms with Crippen LogP contribution in [0.4, 0.5) is 0 Å². The van der Waals surface area contributed by atoms with Crippen LogP contribution in [-0.2, 0) is 60.8 Å². The summed E-state index contributed by atoms with van der Waals surface area (Å²) in [6.45, 7) is 8.93. The zero-order chi connectivity index (χ0) is 68.5. The summed E-state index contributed by atoms with van der Waals surface area (Å²) in [6, 6.07) is 1.72. The molecule has 10 N–H and O–H groups in total. The number of cyclic esters (lactones) is 2. The maximum absolute atomic E-state index is 15.2. The summed E-state index contributed by atoms with van der Waals surface area (Å²) in [6.07, 6.45) is -6.51. The van der Waals surface area contributed by atoms with Gasteiger partial charge in [-0.2, -0.15) is 0 Å². The van der Waals surface area contributed by atoms with Crippen molar-refractivity contribution >= 4 is 121 Å². The second-order valence-electron chi connectivity index (χ2n) is 23.2. The van der Waals surface area contributed by atoms with Crippen molar-refractivity contribution in [2.75, 3.05) is 27.5 Å². The average Bonchev–Trinajstić information content (AvgIpc) is 1.65. The van der Waals surface area contributed by atoms with Crippen LogP contribution in [0.5, 0.6) is 5.75 Å². The number of aromatic hydroxyl groups is 1. The van der Waals surface area contributed by atoms with Gasteiger partial charge in [-0.15, -0.1) is 56.7 Å². The van der Waals surface area contributed by atoms with Crippen LogP contribution in [0.3, 0.4) is 0 Å². The van der Waals surface area contributed by atoms with E-state index in [4.69, 9.17) is 53.8 Å². The number of methoxy groups -OCH3 is 1. The number of ether oxygens (including phenoxy) is 7. The van der Waals surface area contributed by atoms with E-state index in [9.17, 15) is 39.0 Å². The summed E-state index contributed by atoms with van der Waals surface area (Å²) in [5.41, 5.74) is 4.21. The minimum absolute atomic E-state index is 0.00477. The molecule has 36 heteroatoms. The van der Waals surface area contributed by atoms with Crippen LogP contribution < -0.4 is 32.3 Å². The van der Waals surface area contributed by atoms with Gasteiger partial charge in [0.2, 0.25) is 5.91 Å². The summed E-state index contributed by atoms with van der Waals surface area (Å²) in [4.78, 5) is 147. The topological polar surface area (TPSA) is 424 Å². The molecular weight excluding hydrogens is 1360 g/mol. The van der Waals surface area contributed by atoms with Crippen molar-refractivity contribution in [1.82, 2.24) is 66.4 Å². The van der Waals surface area contributed by atoms with Gasteiger partial charge < -0.3 is 80.7 Å². The predicted molar refractivity (Wildman–Crippen MR) is 347 cm³/mol. The van der Waals surface area contributed by atoms with E-state index in [0.29, 0.717) is 16.5 Å². The first kappa shape index (κ1) is 66.3. The molecule has 13 rings (SSSR count). The minimum atomic E-state index is -1.78. The van der Waals surface area contributed by atoms with E-state index in [1.807, 2.05) is 25.8 Å². The number of hydrogen-bond acceptors (Lipinski definition) is 29. The predicted octanol–water partition coefficient (Wildman–Crippen LogP) is 4.55. The van der Waals surface area contributed by atoms with Gasteiger partial charge in [0, 0.05) is 55.4 Å². The maximum Gasteiger partial charge on any atom is 0.355 e. The molecule has 2 fully saturated rings. The number of H-pyrrole nitrogens is 1. The summed E-state index contributed by atoms with van der Waals surface area (Å²) in [5, 5.41) is 44.1. The number of allylic oxidation sites excluding steroid dienone is 1. The number of fused-ring (bicyclic) bond motifs is 16. The molecule has 1 aromatic carbocycles. The molecule has 5 aliphatic rings. The summed E-state index contributed by atoms with van der Waals surface area (Å²) < 4.78 is 44.5. The summed E-state index contributed by atoms with van der Waals surface area (Å²) >= 11 is 4.66. The lowest BCUT2D eigenvalue weighted by Gasteiger charge is -2.45. The number of nitrogens with one attached hydrogen (secondary N) is 6. The fourth-order valence-corrected chi connectivity index (χ4v) is 16.1. The van der Waals surface area contributed by atoms with Gasteiger partial charge in [-0.25, -0.2) is 39.5 Å². The highest BCUT2D eigenvalue weighted by Crippen LogP contribution is 2.44. The first-order valence-corrected chi connectivity index (χ1v) is 34.1. The largest absolute Gasteiger partial charge is 0.506 e. The molecule has 10 atom stereocenters. The highest BCUT2D eigenvalue weighted by Gasteiger charge is 2.54. The number of aromatic amines is 1. The lowest BCUT2D eigenvalue weighted by atomic mass is 9.86. The number of rotatable bonds is 8. The van der Waals surface area contributed by atoms with Crippen molar-refractivity contribution in [2.45, 2.75) is 108 Å². The molecule has 12 heterocycles. The van der Waals surface area contributed by atoms with Crippen LogP contribution in [0.2, 0.25) is 0 Å². The Balaban J connectivity index is 0.975. The van der Waals surface area contributed by atoms with E-state index < -0.39 is 126 Å². The van der Waals surface area contributed by atoms with Gasteiger partial charge in [0.25, 0.3) is 29.5 Å². The molecule has 5 aliphatic heterocycles. The molecule has 504 valence electrons. The quantitative estimate of drug-likeness (QED) is 0.0572. The number of likely N-dealkylation sites (N-methyl/N-ethyl adjacent to an activating group) is 1. The molecular formula is C61H58N14O17S5. The minimum Gasteiger partial charge on any atom is -0.506 e. The van der Waals surface area contributed by atoms with Crippen molar-refractivity contribution in [3.05, 3.63) is 124 Å². The first-order chi connectivity index (χ1) is 46.4. The number of amides is 6. The highest BCUT2D eigenvalue weighted by atomic mass is 32.1. The van der Waals surface area contributed by atoms with E-state index in [1.165, 1.54) is 48.5 Å². The van der Waals surface area contributed by atoms with Crippen LogP contribution in [0, 0.1) is 0 Å². The lowest BCUT2D eigenvalue weighted by Crippen LogP contribution is -2.58. The number of benzene rings is 1. The van der Waals surface area contributed by atoms with E-state index in [0.717, 1.165) is 56.7 Å². The third-order valence-electron chi connectivity index (χ3n) is 16.7. The summed E-state index contributed by atoms with van der Waals surface area (Å²) in [7, 11) is 3.23. The van der Waals surface area contributed by atoms with Crippen LogP contribution in [0.1, 0.15) is 125 Å². The molecule has 0 saturated carbocycles. The second kappa shape index (κ2) is 26.6. The number of aliphatic hydroxyl groups is 1. The van der Waals surface area contributed by atoms with Crippen molar-refractivity contribution in [3.8, 4) is 38.4 Å². The summed E-state index contributed by atoms with van der Waals surface area (Å²) in [5.74, 6) is -7.66. The Morgan fingerprint density at radius 1 is 0.856 bits per heavy atom. The number of nitrogens with two attached hydrogens (primary N) is 1. The number of hydrogen-bond donors (Lipinski definition) is 9. The number of esters is 2. The maximum atomic E-state index is 15.2. The SMILES string of the molecule is C=C(NC(=O)c1csc(-c2nc3c(cc2O)-c2nc(cs2)C(=O)N[C@@H]([C@H](C)O)C(=O)N/C(=C(\C)OC)c2nc(cs2)C(=O)N[C@@H]2c4nc(cs4)C(=O)N[C@@H](COC(=O)c4[nH]c5cccc6c5c4CO[C@@H]2[C@H](O[C@H]2C[C@]4(C)OCN(C)[C@@H]4[C@H](C)O2)C(=O)OC6)c2nc-3cs2)n1)C(N)=O. The Labute approximate surface area is 568 Å². The van der Waals surface area contributed by atoms with Crippen LogP contribution >= 0.6 is 56.7 Å². The fraction of sp³-hybridized carbons (Fsp3) is 0.344. The molecule has 8 aromatic rings. The Morgan fingerprint density at radius 2 is 1.55 bits per heavy atom. The van der Waals surface area contributed by atoms with Crippen LogP contribution in [-0.4, -0.2) is 173 Å². The number of primary amides is 1. The Hall–Kier alpha value is -9.34. The molecule has 12 bridgehead atoms. The smallest absolute Gasteiger partial charge is 0.355 e. The van der Waals surface area contributed by atoms with Crippen molar-refractivity contribution < 1.29 is 81.7 Å². The molecule has 7 aromatic heterocycles. The normalized spacial score (nSPS) is 24.9. The van der Waals surface area contributed by atoms with E-state index in [-0.39, 0.29) is 119 Å². The lowest BCUT2D eigenvalue weighted by molar-refractivity contribution is -0.268. The van der Waals surface area contributed by atoms with E-state index >= 15 is 9.59 Å². The third kappa shape index (κ3) is 12.9. The van der Waals surface area contributed by atoms with Crippen molar-refractivity contribution in [1.29, 1.82) is 0 Å². The van der Waals surface area contributed by atoms with Gasteiger partial charge in [-0.1, -0.05) is 18.7 Å². The number of aromatic nitrogens is 7. The van der Waals surface area contributed by atoms with E-state index in [1.54, 1.807) is 23.6 Å². The zero-order valence-corrected chi connectivity index (χ0v) is 56.0. The molecule has 0 unspecified atom stereocenters. The Kier molecular flexibility index (Phi) is 18.2. The number of carbonyl (C=O) groups excluding carboxylic acids is 8. The van der Waals surface area contributed by atoms with Gasteiger partial charge >= 0.3 is 11.9 Å². The Morgan fingerprint density at radius 3 is 2.31 bits per heavy atom. The fourth-order valence-electron chi connectivity index (χ4n) is 11.9. The third-order valence-corrected chi connectivity index (χ3v) is 21.2. The van der Waals surface area contributed by atoms with Crippen LogP contribution in [0.25, 0.3) is 49.3 Å². The number of carbonyl (C=O) groups is 8. The zero-order valence-electron chi connectivity index (χ0n) is 51.9. The highest BCUT2D eigenvalue weighted by molar-refractivity contribution is 7.14. The van der Waals surface area contributed by atoms with Gasteiger partial charge in [0.05, 0.1) is 50.0 Å². The van der Waals surface area contributed by atoms with Gasteiger partial charge in [0.1, 0.15) is 125 Å². The van der Waals surface area contributed by atoms with Crippen molar-refractivity contribution in [3.63, 3.8) is 0 Å². The van der Waals surface area contributed by atoms with Gasteiger partial charge in [-0.05, 0) is 52.4 Å². The molecule has 0 aliphatic carbocycles. The van der Waals surface area contributed by atoms with Crippen molar-refractivity contribution in [2.24, 2.45) is 5.73 Å². The monoisotopic (exact) mass is 1420 g/mol. The molecule has 2 saturated heterocycles. The number of nitrogens with zero attached hydrogens (tertiary/aromatic N) is 7. The first-order valence-electron chi connectivity index (χ1n) is 29.7. The molecule has 31 nitrogen and oxygen atoms in total. The molecule has 0 spiro atoms. The van der Waals surface area contributed by atoms with Crippen LogP contribution in [0.15, 0.2) is 69.2 Å². The van der Waals surface area contributed by atoms with E-state index in [2.05, 4.69) is 53.1 Å². The standard InChI is InChI=1S/C61H58N14O17S5/c1-22(48(62)78)63-49(79)32-18-96-57(69-32)43-36(77)11-27-41(71-43)31-16-94-55(66-31)30-15-89-59(84)42-28-14-87-45(46(60(85)88-13-26-9-8-10-29(64-42)38(26)28)92-37-12-61(5)47(25(4)91-37)75(6)21-90-61)44(58-70-33(19-97-58)50(80)65-30)74-52(82)35-20-95-56(68-35)40(24(3)86-7)73-53(83)39(23(2)76)72-51(81)34-17-93-54(27)67-34/h8-11,16-20,23,25,30,37,39,44-47,64,76-77H,1,12-15,21H2,2-7H3,(H2,62,78)(H,63,79)(H,65,80)(H,72,81)(H,73,83)(H,74,82)/b40-24+/t23-,25-,30-,37-,39-,44-,45-,46-,47+,61-/m0/s1. The molecule has 97 heavy (non-hydrogen) atoms. The second-order valence-corrected chi connectivity index (χ2v) is 27.6. The average molecular weight is 1420 g/mol.